The first kappa shape index (κ1) is 19.1. The SMILES string of the molecule is CCN(CC)C(=O)C1CCC(C(=O)Nc2cc(Cl)ccc2Cl)CC1. The minimum absolute atomic E-state index is 0.0451. The number of carbonyl (C=O) groups is 2. The predicted octanol–water partition coefficient (Wildman–Crippen LogP) is 4.61. The molecule has 24 heavy (non-hydrogen) atoms. The summed E-state index contributed by atoms with van der Waals surface area (Å²) in [5.74, 6) is 0.133. The van der Waals surface area contributed by atoms with Crippen molar-refractivity contribution in [2.75, 3.05) is 18.4 Å². The van der Waals surface area contributed by atoms with E-state index in [1.807, 2.05) is 18.7 Å². The smallest absolute Gasteiger partial charge is 0.227 e. The quantitative estimate of drug-likeness (QED) is 0.822. The minimum atomic E-state index is -0.0826. The molecular formula is C18H24Cl2N2O2. The third kappa shape index (κ3) is 4.64. The van der Waals surface area contributed by atoms with Crippen LogP contribution in [0.15, 0.2) is 18.2 Å². The number of halogens is 2. The van der Waals surface area contributed by atoms with Crippen molar-refractivity contribution in [2.24, 2.45) is 11.8 Å². The molecule has 0 aliphatic heterocycles. The van der Waals surface area contributed by atoms with Gasteiger partial charge in [-0.2, -0.15) is 0 Å². The molecule has 1 aromatic rings. The third-order valence-electron chi connectivity index (χ3n) is 4.71. The summed E-state index contributed by atoms with van der Waals surface area (Å²) in [6.45, 7) is 5.47. The number of nitrogens with one attached hydrogen (secondary N) is 1. The Labute approximate surface area is 153 Å². The van der Waals surface area contributed by atoms with Crippen LogP contribution >= 0.6 is 23.2 Å². The van der Waals surface area contributed by atoms with Crippen LogP contribution in [0.1, 0.15) is 39.5 Å². The van der Waals surface area contributed by atoms with Gasteiger partial charge in [0.2, 0.25) is 11.8 Å². The molecule has 0 aromatic heterocycles. The third-order valence-corrected chi connectivity index (χ3v) is 5.27. The molecule has 0 radical (unpaired) electrons. The van der Waals surface area contributed by atoms with Crippen molar-refractivity contribution < 1.29 is 9.59 Å². The van der Waals surface area contributed by atoms with E-state index in [0.717, 1.165) is 38.8 Å². The molecule has 0 atom stereocenters. The van der Waals surface area contributed by atoms with Gasteiger partial charge < -0.3 is 10.2 Å². The zero-order chi connectivity index (χ0) is 17.7. The zero-order valence-electron chi connectivity index (χ0n) is 14.1. The number of hydrogen-bond acceptors (Lipinski definition) is 2. The highest BCUT2D eigenvalue weighted by Gasteiger charge is 2.31. The summed E-state index contributed by atoms with van der Waals surface area (Å²) in [6.07, 6.45) is 2.97. The van der Waals surface area contributed by atoms with Gasteiger partial charge in [0.15, 0.2) is 0 Å². The zero-order valence-corrected chi connectivity index (χ0v) is 15.7. The molecule has 6 heteroatoms. The molecule has 0 heterocycles. The van der Waals surface area contributed by atoms with E-state index in [1.165, 1.54) is 0 Å². The lowest BCUT2D eigenvalue weighted by atomic mass is 9.81. The van der Waals surface area contributed by atoms with Gasteiger partial charge >= 0.3 is 0 Å². The van der Waals surface area contributed by atoms with Crippen LogP contribution in [0.4, 0.5) is 5.69 Å². The van der Waals surface area contributed by atoms with Crippen molar-refractivity contribution in [3.05, 3.63) is 28.2 Å². The summed E-state index contributed by atoms with van der Waals surface area (Å²) >= 11 is 12.0. The van der Waals surface area contributed by atoms with Gasteiger partial charge in [0.1, 0.15) is 0 Å². The van der Waals surface area contributed by atoms with Crippen molar-refractivity contribution in [1.82, 2.24) is 4.90 Å². The number of rotatable bonds is 5. The molecule has 1 aromatic carbocycles. The summed E-state index contributed by atoms with van der Waals surface area (Å²) in [5.41, 5.74) is 0.538. The van der Waals surface area contributed by atoms with Crippen molar-refractivity contribution in [2.45, 2.75) is 39.5 Å². The van der Waals surface area contributed by atoms with E-state index in [-0.39, 0.29) is 23.7 Å². The first-order chi connectivity index (χ1) is 11.5. The Hall–Kier alpha value is -1.26. The highest BCUT2D eigenvalue weighted by Crippen LogP contribution is 2.32. The summed E-state index contributed by atoms with van der Waals surface area (Å²) in [7, 11) is 0. The van der Waals surface area contributed by atoms with Gasteiger partial charge in [-0.05, 0) is 57.7 Å². The number of hydrogen-bond donors (Lipinski definition) is 1. The van der Waals surface area contributed by atoms with Gasteiger partial charge in [-0.3, -0.25) is 9.59 Å². The molecule has 4 nitrogen and oxygen atoms in total. The molecule has 0 saturated heterocycles. The van der Waals surface area contributed by atoms with E-state index >= 15 is 0 Å². The second-order valence-electron chi connectivity index (χ2n) is 6.17. The van der Waals surface area contributed by atoms with Crippen LogP contribution in [0.25, 0.3) is 0 Å². The summed E-state index contributed by atoms with van der Waals surface area (Å²) in [6, 6.07) is 5.00. The van der Waals surface area contributed by atoms with Gasteiger partial charge in [0.25, 0.3) is 0 Å². The number of benzene rings is 1. The fourth-order valence-corrected chi connectivity index (χ4v) is 3.56. The molecule has 1 fully saturated rings. The fourth-order valence-electron chi connectivity index (χ4n) is 3.22. The maximum Gasteiger partial charge on any atom is 0.227 e. The van der Waals surface area contributed by atoms with E-state index < -0.39 is 0 Å². The Morgan fingerprint density at radius 1 is 1.08 bits per heavy atom. The van der Waals surface area contributed by atoms with Gasteiger partial charge in [-0.15, -0.1) is 0 Å². The molecule has 2 rings (SSSR count). The second kappa shape index (κ2) is 8.72. The molecular weight excluding hydrogens is 347 g/mol. The van der Waals surface area contributed by atoms with Crippen LogP contribution < -0.4 is 5.32 Å². The molecule has 0 unspecified atom stereocenters. The molecule has 1 aliphatic rings. The number of nitrogens with zero attached hydrogens (tertiary/aromatic N) is 1. The van der Waals surface area contributed by atoms with E-state index in [4.69, 9.17) is 23.2 Å². The molecule has 1 aliphatic carbocycles. The standard InChI is InChI=1S/C18H24Cl2N2O2/c1-3-22(4-2)18(24)13-7-5-12(6-8-13)17(23)21-16-11-14(19)9-10-15(16)20/h9-13H,3-8H2,1-2H3,(H,21,23). The average Bonchev–Trinajstić information content (AvgIpc) is 2.59. The minimum Gasteiger partial charge on any atom is -0.343 e. The summed E-state index contributed by atoms with van der Waals surface area (Å²) < 4.78 is 0. The van der Waals surface area contributed by atoms with E-state index in [2.05, 4.69) is 5.32 Å². The molecule has 1 N–H and O–H groups in total. The Morgan fingerprint density at radius 3 is 2.25 bits per heavy atom. The lowest BCUT2D eigenvalue weighted by molar-refractivity contribution is -0.137. The van der Waals surface area contributed by atoms with E-state index in [1.54, 1.807) is 18.2 Å². The lowest BCUT2D eigenvalue weighted by Gasteiger charge is -2.30. The molecule has 2 amide bonds. The van der Waals surface area contributed by atoms with E-state index in [9.17, 15) is 9.59 Å². The first-order valence-corrected chi connectivity index (χ1v) is 9.26. The average molecular weight is 371 g/mol. The maximum atomic E-state index is 12.4. The molecule has 1 saturated carbocycles. The Balaban J connectivity index is 1.91. The first-order valence-electron chi connectivity index (χ1n) is 8.50. The maximum absolute atomic E-state index is 12.4. The fraction of sp³-hybridized carbons (Fsp3) is 0.556. The Kier molecular flexibility index (Phi) is 6.93. The van der Waals surface area contributed by atoms with Crippen molar-refractivity contribution in [3.63, 3.8) is 0 Å². The van der Waals surface area contributed by atoms with Crippen molar-refractivity contribution in [1.29, 1.82) is 0 Å². The summed E-state index contributed by atoms with van der Waals surface area (Å²) in [4.78, 5) is 26.7. The molecule has 0 bridgehead atoms. The van der Waals surface area contributed by atoms with Gasteiger partial charge in [0.05, 0.1) is 10.7 Å². The van der Waals surface area contributed by atoms with Crippen LogP contribution in [-0.2, 0) is 9.59 Å². The predicted molar refractivity (Wildman–Crippen MR) is 98.5 cm³/mol. The molecule has 132 valence electrons. The van der Waals surface area contributed by atoms with E-state index in [0.29, 0.717) is 15.7 Å². The number of anilines is 1. The van der Waals surface area contributed by atoms with Crippen LogP contribution in [0.5, 0.6) is 0 Å². The van der Waals surface area contributed by atoms with Crippen molar-refractivity contribution >= 4 is 40.7 Å². The van der Waals surface area contributed by atoms with Crippen LogP contribution in [0.2, 0.25) is 10.0 Å². The largest absolute Gasteiger partial charge is 0.343 e. The monoisotopic (exact) mass is 370 g/mol. The van der Waals surface area contributed by atoms with Crippen molar-refractivity contribution in [3.8, 4) is 0 Å². The highest BCUT2D eigenvalue weighted by atomic mass is 35.5. The Bertz CT molecular complexity index is 595. The van der Waals surface area contributed by atoms with Gasteiger partial charge in [-0.1, -0.05) is 23.2 Å². The lowest BCUT2D eigenvalue weighted by Crippen LogP contribution is -2.38. The Morgan fingerprint density at radius 2 is 1.67 bits per heavy atom. The molecule has 0 spiro atoms. The topological polar surface area (TPSA) is 49.4 Å². The van der Waals surface area contributed by atoms with Gasteiger partial charge in [-0.25, -0.2) is 0 Å². The highest BCUT2D eigenvalue weighted by molar-refractivity contribution is 6.35. The summed E-state index contributed by atoms with van der Waals surface area (Å²) in [5, 5.41) is 3.86. The number of carbonyl (C=O) groups excluding carboxylic acids is 2. The normalized spacial score (nSPS) is 20.5. The van der Waals surface area contributed by atoms with Gasteiger partial charge in [0, 0.05) is 29.9 Å². The van der Waals surface area contributed by atoms with Crippen LogP contribution in [-0.4, -0.2) is 29.8 Å². The number of amides is 2. The van der Waals surface area contributed by atoms with Crippen LogP contribution in [0.3, 0.4) is 0 Å². The second-order valence-corrected chi connectivity index (χ2v) is 7.02. The van der Waals surface area contributed by atoms with Crippen LogP contribution in [0, 0.1) is 11.8 Å².